The highest BCUT2D eigenvalue weighted by atomic mass is 35.5. The van der Waals surface area contributed by atoms with Crippen molar-refractivity contribution in [2.45, 2.75) is 38.4 Å². The molecule has 3 N–H and O–H groups in total. The van der Waals surface area contributed by atoms with Gasteiger partial charge in [-0.3, -0.25) is 4.79 Å². The molecule has 1 heterocycles. The zero-order chi connectivity index (χ0) is 11.8. The Hall–Kier alpha value is -0.360. The van der Waals surface area contributed by atoms with E-state index in [4.69, 9.17) is 4.74 Å². The molecule has 0 aliphatic carbocycles. The third-order valence-corrected chi connectivity index (χ3v) is 2.57. The van der Waals surface area contributed by atoms with E-state index in [1.54, 1.807) is 0 Å². The van der Waals surface area contributed by atoms with Crippen LogP contribution in [0.5, 0.6) is 0 Å². The predicted octanol–water partition coefficient (Wildman–Crippen LogP) is 0.0639. The van der Waals surface area contributed by atoms with E-state index in [0.29, 0.717) is 19.6 Å². The molecular formula is C11H23ClN2O3. The van der Waals surface area contributed by atoms with Gasteiger partial charge in [0.25, 0.3) is 0 Å². The van der Waals surface area contributed by atoms with Gasteiger partial charge < -0.3 is 20.5 Å². The van der Waals surface area contributed by atoms with E-state index in [0.717, 1.165) is 25.9 Å². The molecule has 0 radical (unpaired) electrons. The zero-order valence-electron chi connectivity index (χ0n) is 10.3. The fourth-order valence-corrected chi connectivity index (χ4v) is 1.70. The number of carbonyl (C=O) groups excluding carboxylic acids is 1. The molecule has 0 saturated carbocycles. The van der Waals surface area contributed by atoms with Crippen LogP contribution in [-0.2, 0) is 9.53 Å². The molecule has 1 rings (SSSR count). The van der Waals surface area contributed by atoms with Gasteiger partial charge in [0.15, 0.2) is 0 Å². The molecule has 0 spiro atoms. The van der Waals surface area contributed by atoms with Gasteiger partial charge in [-0.15, -0.1) is 12.4 Å². The highest BCUT2D eigenvalue weighted by Crippen LogP contribution is 2.01. The molecule has 6 heteroatoms. The lowest BCUT2D eigenvalue weighted by Crippen LogP contribution is -2.42. The number of carbonyl (C=O) groups is 1. The number of amides is 1. The Bertz CT molecular complexity index is 211. The molecule has 1 amide bonds. The van der Waals surface area contributed by atoms with Crippen LogP contribution >= 0.6 is 12.4 Å². The Morgan fingerprint density at radius 1 is 1.65 bits per heavy atom. The summed E-state index contributed by atoms with van der Waals surface area (Å²) in [5.74, 6) is -0.0520. The molecular weight excluding hydrogens is 244 g/mol. The zero-order valence-corrected chi connectivity index (χ0v) is 11.1. The van der Waals surface area contributed by atoms with Crippen LogP contribution in [0.3, 0.4) is 0 Å². The maximum Gasteiger partial charge on any atom is 0.222 e. The average molecular weight is 267 g/mol. The number of rotatable bonds is 6. The van der Waals surface area contributed by atoms with E-state index in [2.05, 4.69) is 10.6 Å². The van der Waals surface area contributed by atoms with Gasteiger partial charge in [0.2, 0.25) is 5.91 Å². The van der Waals surface area contributed by atoms with Crippen molar-refractivity contribution in [2.75, 3.05) is 26.2 Å². The van der Waals surface area contributed by atoms with Crippen LogP contribution in [0.25, 0.3) is 0 Å². The Labute approximate surface area is 109 Å². The predicted molar refractivity (Wildman–Crippen MR) is 68.4 cm³/mol. The van der Waals surface area contributed by atoms with Gasteiger partial charge in [-0.05, 0) is 6.42 Å². The van der Waals surface area contributed by atoms with Crippen molar-refractivity contribution in [2.24, 2.45) is 0 Å². The molecule has 1 aliphatic rings. The topological polar surface area (TPSA) is 70.6 Å². The smallest absolute Gasteiger partial charge is 0.222 e. The summed E-state index contributed by atoms with van der Waals surface area (Å²) in [4.78, 5) is 11.5. The molecule has 0 aromatic heterocycles. The fraction of sp³-hybridized carbons (Fsp3) is 0.909. The molecule has 2 unspecified atom stereocenters. The van der Waals surface area contributed by atoms with Crippen LogP contribution in [0, 0.1) is 0 Å². The first-order valence-electron chi connectivity index (χ1n) is 5.99. The third-order valence-electron chi connectivity index (χ3n) is 2.57. The van der Waals surface area contributed by atoms with Crippen molar-refractivity contribution < 1.29 is 14.6 Å². The Morgan fingerprint density at radius 3 is 3.00 bits per heavy atom. The minimum Gasteiger partial charge on any atom is -0.391 e. The van der Waals surface area contributed by atoms with Crippen molar-refractivity contribution in [1.82, 2.24) is 10.6 Å². The van der Waals surface area contributed by atoms with Gasteiger partial charge >= 0.3 is 0 Å². The highest BCUT2D eigenvalue weighted by Gasteiger charge is 2.17. The van der Waals surface area contributed by atoms with E-state index >= 15 is 0 Å². The number of ether oxygens (including phenoxy) is 1. The van der Waals surface area contributed by atoms with Crippen LogP contribution in [0.4, 0.5) is 0 Å². The maximum atomic E-state index is 11.5. The quantitative estimate of drug-likeness (QED) is 0.636. The van der Waals surface area contributed by atoms with Crippen LogP contribution in [0.1, 0.15) is 26.2 Å². The monoisotopic (exact) mass is 266 g/mol. The van der Waals surface area contributed by atoms with E-state index in [9.17, 15) is 9.90 Å². The molecule has 2 atom stereocenters. The van der Waals surface area contributed by atoms with E-state index < -0.39 is 6.10 Å². The van der Waals surface area contributed by atoms with Crippen LogP contribution in [0.2, 0.25) is 0 Å². The maximum absolute atomic E-state index is 11.5. The van der Waals surface area contributed by atoms with Crippen molar-refractivity contribution >= 4 is 18.3 Å². The third kappa shape index (κ3) is 7.54. The summed E-state index contributed by atoms with van der Waals surface area (Å²) < 4.78 is 5.42. The average Bonchev–Trinajstić information content (AvgIpc) is 2.28. The molecule has 17 heavy (non-hydrogen) atoms. The summed E-state index contributed by atoms with van der Waals surface area (Å²) in [5.41, 5.74) is 0. The van der Waals surface area contributed by atoms with E-state index in [1.165, 1.54) is 0 Å². The number of aliphatic hydroxyl groups excluding tert-OH is 1. The largest absolute Gasteiger partial charge is 0.391 e. The lowest BCUT2D eigenvalue weighted by molar-refractivity contribution is -0.124. The molecule has 0 bridgehead atoms. The molecule has 0 aromatic rings. The molecule has 1 fully saturated rings. The number of halogens is 1. The standard InChI is InChI=1S/C11H22N2O3.ClH/c1-2-3-9(14)7-13-11(15)6-10-8-12-4-5-16-10;/h9-10,12,14H,2-8H2,1H3,(H,13,15);1H. The van der Waals surface area contributed by atoms with Crippen molar-refractivity contribution in [3.05, 3.63) is 0 Å². The number of hydrogen-bond donors (Lipinski definition) is 3. The summed E-state index contributed by atoms with van der Waals surface area (Å²) in [6.45, 7) is 4.59. The number of nitrogens with one attached hydrogen (secondary N) is 2. The molecule has 1 aliphatic heterocycles. The molecule has 5 nitrogen and oxygen atoms in total. The van der Waals surface area contributed by atoms with Crippen molar-refractivity contribution in [1.29, 1.82) is 0 Å². The lowest BCUT2D eigenvalue weighted by atomic mass is 10.2. The van der Waals surface area contributed by atoms with Gasteiger partial charge in [0.1, 0.15) is 0 Å². The van der Waals surface area contributed by atoms with Crippen LogP contribution in [0.15, 0.2) is 0 Å². The normalized spacial score (nSPS) is 21.4. The highest BCUT2D eigenvalue weighted by molar-refractivity contribution is 5.85. The first-order valence-corrected chi connectivity index (χ1v) is 5.99. The van der Waals surface area contributed by atoms with Gasteiger partial charge in [-0.2, -0.15) is 0 Å². The molecule has 102 valence electrons. The Morgan fingerprint density at radius 2 is 2.41 bits per heavy atom. The summed E-state index contributed by atoms with van der Waals surface area (Å²) in [5, 5.41) is 15.3. The minimum atomic E-state index is -0.431. The summed E-state index contributed by atoms with van der Waals surface area (Å²) in [6, 6.07) is 0. The van der Waals surface area contributed by atoms with Crippen LogP contribution in [-0.4, -0.2) is 49.5 Å². The second-order valence-corrected chi connectivity index (χ2v) is 4.15. The van der Waals surface area contributed by atoms with Crippen LogP contribution < -0.4 is 10.6 Å². The first kappa shape index (κ1) is 16.6. The number of aliphatic hydroxyl groups is 1. The van der Waals surface area contributed by atoms with Gasteiger partial charge in [0, 0.05) is 19.6 Å². The summed E-state index contributed by atoms with van der Waals surface area (Å²) in [6.07, 6.45) is 1.55. The Kier molecular flexibility index (Phi) is 9.44. The van der Waals surface area contributed by atoms with Gasteiger partial charge in [-0.1, -0.05) is 13.3 Å². The van der Waals surface area contributed by atoms with E-state index in [1.807, 2.05) is 6.92 Å². The van der Waals surface area contributed by atoms with Crippen molar-refractivity contribution in [3.8, 4) is 0 Å². The number of hydrogen-bond acceptors (Lipinski definition) is 4. The second kappa shape index (κ2) is 9.65. The van der Waals surface area contributed by atoms with Crippen molar-refractivity contribution in [3.63, 3.8) is 0 Å². The summed E-state index contributed by atoms with van der Waals surface area (Å²) >= 11 is 0. The first-order chi connectivity index (χ1) is 7.72. The lowest BCUT2D eigenvalue weighted by Gasteiger charge is -2.23. The second-order valence-electron chi connectivity index (χ2n) is 4.15. The SMILES string of the molecule is CCCC(O)CNC(=O)CC1CNCCO1.Cl. The Balaban J connectivity index is 0.00000256. The minimum absolute atomic E-state index is 0. The fourth-order valence-electron chi connectivity index (χ4n) is 1.70. The van der Waals surface area contributed by atoms with E-state index in [-0.39, 0.29) is 24.4 Å². The summed E-state index contributed by atoms with van der Waals surface area (Å²) in [7, 11) is 0. The number of morpholine rings is 1. The van der Waals surface area contributed by atoms with Gasteiger partial charge in [-0.25, -0.2) is 0 Å². The molecule has 0 aromatic carbocycles. The van der Waals surface area contributed by atoms with Gasteiger partial charge in [0.05, 0.1) is 25.2 Å². The molecule has 1 saturated heterocycles.